The van der Waals surface area contributed by atoms with E-state index in [2.05, 4.69) is 34.7 Å². The van der Waals surface area contributed by atoms with Gasteiger partial charge in [0.25, 0.3) is 0 Å². The van der Waals surface area contributed by atoms with Gasteiger partial charge < -0.3 is 4.74 Å². The van der Waals surface area contributed by atoms with Crippen molar-refractivity contribution in [3.8, 4) is 0 Å². The van der Waals surface area contributed by atoms with Crippen molar-refractivity contribution in [2.24, 2.45) is 0 Å². The molecule has 2 nitrogen and oxygen atoms in total. The lowest BCUT2D eigenvalue weighted by atomic mass is 10.1. The van der Waals surface area contributed by atoms with Crippen molar-refractivity contribution in [1.82, 2.24) is 0 Å². The predicted octanol–water partition coefficient (Wildman–Crippen LogP) is 5.83. The second-order valence-corrected chi connectivity index (χ2v) is 6.20. The van der Waals surface area contributed by atoms with Crippen LogP contribution in [0.1, 0.15) is 77.6 Å². The highest BCUT2D eigenvalue weighted by molar-refractivity contribution is 14.1. The first kappa shape index (κ1) is 19.9. The van der Waals surface area contributed by atoms with Gasteiger partial charge in [0.15, 0.2) is 0 Å². The van der Waals surface area contributed by atoms with E-state index in [9.17, 15) is 4.79 Å². The second kappa shape index (κ2) is 17.0. The van der Waals surface area contributed by atoms with Gasteiger partial charge in [0.05, 0.1) is 6.61 Å². The molecule has 0 fully saturated rings. The summed E-state index contributed by atoms with van der Waals surface area (Å²) in [5, 5.41) is 0. The SMILES string of the molecule is CCOC(=O)CC/C=C/CCCCCCCCCCI. The number of ether oxygens (including phenoxy) is 1. The number of hydrogen-bond donors (Lipinski definition) is 0. The van der Waals surface area contributed by atoms with Gasteiger partial charge in [-0.15, -0.1) is 0 Å². The average Bonchev–Trinajstić information content (AvgIpc) is 2.44. The van der Waals surface area contributed by atoms with Crippen LogP contribution in [-0.2, 0) is 9.53 Å². The molecule has 0 radical (unpaired) electrons. The van der Waals surface area contributed by atoms with Crippen molar-refractivity contribution in [2.45, 2.75) is 77.6 Å². The third kappa shape index (κ3) is 16.0. The van der Waals surface area contributed by atoms with Gasteiger partial charge in [0, 0.05) is 6.42 Å². The molecule has 0 aliphatic heterocycles. The maximum absolute atomic E-state index is 11.1. The average molecular weight is 394 g/mol. The van der Waals surface area contributed by atoms with Crippen LogP contribution in [0.5, 0.6) is 0 Å². The number of esters is 1. The molecule has 3 heteroatoms. The van der Waals surface area contributed by atoms with E-state index in [1.807, 2.05) is 6.92 Å². The van der Waals surface area contributed by atoms with Crippen molar-refractivity contribution in [3.63, 3.8) is 0 Å². The molecule has 0 saturated carbocycles. The fraction of sp³-hybridized carbons (Fsp3) is 0.824. The van der Waals surface area contributed by atoms with Crippen LogP contribution in [0.3, 0.4) is 0 Å². The first-order valence-corrected chi connectivity index (χ1v) is 9.70. The summed E-state index contributed by atoms with van der Waals surface area (Å²) in [7, 11) is 0. The molecule has 0 aliphatic rings. The van der Waals surface area contributed by atoms with Crippen molar-refractivity contribution in [2.75, 3.05) is 11.0 Å². The van der Waals surface area contributed by atoms with Crippen molar-refractivity contribution < 1.29 is 9.53 Å². The Morgan fingerprint density at radius 3 is 2.05 bits per heavy atom. The highest BCUT2D eigenvalue weighted by Gasteiger charge is 1.97. The molecule has 0 amide bonds. The molecule has 118 valence electrons. The monoisotopic (exact) mass is 394 g/mol. The number of unbranched alkanes of at least 4 members (excludes halogenated alkanes) is 8. The molecular formula is C17H31IO2. The lowest BCUT2D eigenvalue weighted by Crippen LogP contribution is -2.02. The summed E-state index contributed by atoms with van der Waals surface area (Å²) in [6, 6.07) is 0. The maximum Gasteiger partial charge on any atom is 0.306 e. The lowest BCUT2D eigenvalue weighted by Gasteiger charge is -2.00. The van der Waals surface area contributed by atoms with Crippen LogP contribution >= 0.6 is 22.6 Å². The molecule has 0 aromatic carbocycles. The van der Waals surface area contributed by atoms with Crippen LogP contribution in [0.4, 0.5) is 0 Å². The molecule has 0 aromatic heterocycles. The van der Waals surface area contributed by atoms with Gasteiger partial charge >= 0.3 is 5.97 Å². The van der Waals surface area contributed by atoms with Crippen molar-refractivity contribution in [3.05, 3.63) is 12.2 Å². The van der Waals surface area contributed by atoms with Gasteiger partial charge in [-0.3, -0.25) is 4.79 Å². The molecule has 0 aromatic rings. The summed E-state index contributed by atoms with van der Waals surface area (Å²) >= 11 is 2.46. The van der Waals surface area contributed by atoms with Gasteiger partial charge in [-0.1, -0.05) is 73.3 Å². The molecule has 0 rings (SSSR count). The molecule has 0 aliphatic carbocycles. The lowest BCUT2D eigenvalue weighted by molar-refractivity contribution is -0.142. The Balaban J connectivity index is 3.13. The number of hydrogen-bond acceptors (Lipinski definition) is 2. The number of allylic oxidation sites excluding steroid dienone is 2. The van der Waals surface area contributed by atoms with Crippen LogP contribution in [0, 0.1) is 0 Å². The summed E-state index contributed by atoms with van der Waals surface area (Å²) in [4.78, 5) is 11.1. The quantitative estimate of drug-likeness (QED) is 0.122. The van der Waals surface area contributed by atoms with E-state index in [-0.39, 0.29) is 5.97 Å². The third-order valence-corrected chi connectivity index (χ3v) is 4.00. The smallest absolute Gasteiger partial charge is 0.306 e. The van der Waals surface area contributed by atoms with E-state index >= 15 is 0 Å². The van der Waals surface area contributed by atoms with E-state index in [1.54, 1.807) is 0 Å². The van der Waals surface area contributed by atoms with E-state index < -0.39 is 0 Å². The van der Waals surface area contributed by atoms with Gasteiger partial charge in [0.1, 0.15) is 0 Å². The topological polar surface area (TPSA) is 26.3 Å². The van der Waals surface area contributed by atoms with Gasteiger partial charge in [-0.25, -0.2) is 0 Å². The predicted molar refractivity (Wildman–Crippen MR) is 95.4 cm³/mol. The van der Waals surface area contributed by atoms with E-state index in [0.717, 1.165) is 12.8 Å². The molecule has 0 spiro atoms. The Bertz CT molecular complexity index is 239. The van der Waals surface area contributed by atoms with Crippen LogP contribution in [0.2, 0.25) is 0 Å². The first-order valence-electron chi connectivity index (χ1n) is 8.17. The highest BCUT2D eigenvalue weighted by atomic mass is 127. The number of rotatable bonds is 14. The summed E-state index contributed by atoms with van der Waals surface area (Å²) in [6.45, 7) is 2.33. The Morgan fingerprint density at radius 2 is 1.45 bits per heavy atom. The standard InChI is InChI=1S/C17H31IO2/c1-2-20-17(19)15-13-11-9-7-5-3-4-6-8-10-12-14-16-18/h9,11H,2-8,10,12-16H2,1H3/b11-9+. The minimum Gasteiger partial charge on any atom is -0.466 e. The number of alkyl halides is 1. The zero-order valence-corrected chi connectivity index (χ0v) is 15.2. The Kier molecular flexibility index (Phi) is 16.9. The van der Waals surface area contributed by atoms with Crippen LogP contribution in [-0.4, -0.2) is 17.0 Å². The number of carbonyl (C=O) groups excluding carboxylic acids is 1. The Hall–Kier alpha value is -0.0600. The Labute approximate surface area is 138 Å². The normalized spacial score (nSPS) is 11.1. The summed E-state index contributed by atoms with van der Waals surface area (Å²) < 4.78 is 6.18. The molecule has 0 unspecified atom stereocenters. The fourth-order valence-electron chi connectivity index (χ4n) is 2.09. The Morgan fingerprint density at radius 1 is 0.900 bits per heavy atom. The zero-order chi connectivity index (χ0) is 14.9. The number of halogens is 1. The highest BCUT2D eigenvalue weighted by Crippen LogP contribution is 2.10. The zero-order valence-electron chi connectivity index (χ0n) is 13.0. The summed E-state index contributed by atoms with van der Waals surface area (Å²) in [5.41, 5.74) is 0. The van der Waals surface area contributed by atoms with Crippen LogP contribution in [0.15, 0.2) is 12.2 Å². The largest absolute Gasteiger partial charge is 0.466 e. The minimum absolute atomic E-state index is 0.0836. The molecule has 0 heterocycles. The van der Waals surface area contributed by atoms with Crippen LogP contribution in [0.25, 0.3) is 0 Å². The van der Waals surface area contributed by atoms with Gasteiger partial charge in [-0.2, -0.15) is 0 Å². The molecule has 0 N–H and O–H groups in total. The van der Waals surface area contributed by atoms with Crippen molar-refractivity contribution >= 4 is 28.6 Å². The maximum atomic E-state index is 11.1. The molecule has 0 atom stereocenters. The molecule has 0 saturated heterocycles. The third-order valence-electron chi connectivity index (χ3n) is 3.24. The summed E-state index contributed by atoms with van der Waals surface area (Å²) in [6.07, 6.45) is 17.8. The summed E-state index contributed by atoms with van der Waals surface area (Å²) in [5.74, 6) is -0.0836. The first-order chi connectivity index (χ1) is 9.81. The van der Waals surface area contributed by atoms with Gasteiger partial charge in [0.2, 0.25) is 0 Å². The van der Waals surface area contributed by atoms with Crippen LogP contribution < -0.4 is 0 Å². The fourth-order valence-corrected chi connectivity index (χ4v) is 2.63. The second-order valence-electron chi connectivity index (χ2n) is 5.12. The van der Waals surface area contributed by atoms with E-state index in [4.69, 9.17) is 4.74 Å². The van der Waals surface area contributed by atoms with Gasteiger partial charge in [-0.05, 0) is 37.0 Å². The molecular weight excluding hydrogens is 363 g/mol. The minimum atomic E-state index is -0.0836. The van der Waals surface area contributed by atoms with Crippen molar-refractivity contribution in [1.29, 1.82) is 0 Å². The van der Waals surface area contributed by atoms with E-state index in [0.29, 0.717) is 13.0 Å². The van der Waals surface area contributed by atoms with E-state index in [1.165, 1.54) is 55.8 Å². The number of carbonyl (C=O) groups is 1. The molecule has 20 heavy (non-hydrogen) atoms. The molecule has 0 bridgehead atoms.